The molecule has 0 unspecified atom stereocenters. The summed E-state index contributed by atoms with van der Waals surface area (Å²) in [6.45, 7) is 7.92. The number of piperidine rings is 1. The summed E-state index contributed by atoms with van der Waals surface area (Å²) in [7, 11) is -3.67. The average Bonchev–Trinajstić information content (AvgIpc) is 2.69. The minimum absolute atomic E-state index is 0. The van der Waals surface area contributed by atoms with Gasteiger partial charge in [0.15, 0.2) is 0 Å². The Morgan fingerprint density at radius 2 is 1.69 bits per heavy atom. The van der Waals surface area contributed by atoms with Crippen molar-refractivity contribution in [1.82, 2.24) is 4.98 Å². The maximum atomic E-state index is 13.6. The van der Waals surface area contributed by atoms with Crippen LogP contribution in [0.5, 0.6) is 0 Å². The summed E-state index contributed by atoms with van der Waals surface area (Å²) in [6, 6.07) is 13.2. The number of halogens is 1. The molecule has 0 amide bonds. The van der Waals surface area contributed by atoms with Crippen LogP contribution < -0.4 is 4.90 Å². The van der Waals surface area contributed by atoms with Gasteiger partial charge in [-0.1, -0.05) is 31.2 Å². The maximum absolute atomic E-state index is 13.6. The van der Waals surface area contributed by atoms with Crippen LogP contribution in [0.4, 0.5) is 5.69 Å². The summed E-state index contributed by atoms with van der Waals surface area (Å²) < 4.78 is 27.2. The molecule has 0 radical (unpaired) electrons. The van der Waals surface area contributed by atoms with Gasteiger partial charge in [-0.05, 0) is 61.9 Å². The molecule has 0 N–H and O–H groups in total. The lowest BCUT2D eigenvalue weighted by molar-refractivity contribution is 0.437. The van der Waals surface area contributed by atoms with Crippen molar-refractivity contribution in [3.05, 3.63) is 59.8 Å². The van der Waals surface area contributed by atoms with Crippen molar-refractivity contribution in [1.29, 1.82) is 0 Å². The molecule has 1 aromatic heterocycles. The quantitative estimate of drug-likeness (QED) is 0.562. The molecule has 1 fully saturated rings. The van der Waals surface area contributed by atoms with Gasteiger partial charge >= 0.3 is 0 Å². The molecular weight excluding hydrogens is 404 g/mol. The Balaban J connectivity index is 0.00000240. The molecule has 2 heterocycles. The fourth-order valence-electron chi connectivity index (χ4n) is 3.87. The summed E-state index contributed by atoms with van der Waals surface area (Å²) in [4.78, 5) is 7.35. The number of pyridine rings is 1. The Kier molecular flexibility index (Phi) is 6.20. The Labute approximate surface area is 179 Å². The third-order valence-electron chi connectivity index (χ3n) is 5.89. The standard InChI is InChI=1S/C23H26N2O2S.ClH/c1-16-10-12-25(13-11-16)23-20-6-4-5-7-21(20)24-15-22(23)28(26,27)19-9-8-17(2)18(3)14-19;/h4-9,14-16H,10-13H2,1-3H3;1H. The number of benzene rings is 2. The molecule has 0 bridgehead atoms. The molecule has 4 rings (SSSR count). The molecule has 6 heteroatoms. The monoisotopic (exact) mass is 430 g/mol. The molecule has 0 aliphatic carbocycles. The van der Waals surface area contributed by atoms with Gasteiger partial charge in [0.25, 0.3) is 0 Å². The lowest BCUT2D eigenvalue weighted by Crippen LogP contribution is -2.34. The van der Waals surface area contributed by atoms with Crippen molar-refractivity contribution in [3.8, 4) is 0 Å². The fourth-order valence-corrected chi connectivity index (χ4v) is 5.39. The molecule has 4 nitrogen and oxygen atoms in total. The van der Waals surface area contributed by atoms with Crippen LogP contribution in [0.25, 0.3) is 10.9 Å². The highest BCUT2D eigenvalue weighted by molar-refractivity contribution is 7.91. The van der Waals surface area contributed by atoms with E-state index in [0.717, 1.165) is 53.6 Å². The molecule has 29 heavy (non-hydrogen) atoms. The SMILES string of the molecule is Cc1ccc(S(=O)(=O)c2cnc3ccccc3c2N2CCC(C)CC2)cc1C.Cl. The van der Waals surface area contributed by atoms with E-state index >= 15 is 0 Å². The van der Waals surface area contributed by atoms with E-state index in [9.17, 15) is 8.42 Å². The summed E-state index contributed by atoms with van der Waals surface area (Å²) in [5.74, 6) is 0.671. The number of hydrogen-bond donors (Lipinski definition) is 0. The number of aromatic nitrogens is 1. The molecule has 0 spiro atoms. The van der Waals surface area contributed by atoms with Gasteiger partial charge in [-0.3, -0.25) is 4.98 Å². The third-order valence-corrected chi connectivity index (χ3v) is 7.64. The van der Waals surface area contributed by atoms with E-state index in [-0.39, 0.29) is 12.4 Å². The zero-order valence-corrected chi connectivity index (χ0v) is 18.7. The second kappa shape index (κ2) is 8.33. The first-order valence-corrected chi connectivity index (χ1v) is 11.3. The van der Waals surface area contributed by atoms with Gasteiger partial charge in [-0.15, -0.1) is 12.4 Å². The van der Waals surface area contributed by atoms with Gasteiger partial charge < -0.3 is 4.90 Å². The van der Waals surface area contributed by atoms with Crippen molar-refractivity contribution in [2.45, 2.75) is 43.4 Å². The van der Waals surface area contributed by atoms with E-state index in [1.165, 1.54) is 0 Å². The van der Waals surface area contributed by atoms with Crippen molar-refractivity contribution in [2.75, 3.05) is 18.0 Å². The fraction of sp³-hybridized carbons (Fsp3) is 0.348. The molecule has 0 atom stereocenters. The summed E-state index contributed by atoms with van der Waals surface area (Å²) >= 11 is 0. The first-order chi connectivity index (χ1) is 13.4. The zero-order valence-electron chi connectivity index (χ0n) is 17.1. The number of anilines is 1. The summed E-state index contributed by atoms with van der Waals surface area (Å²) in [6.07, 6.45) is 3.68. The second-order valence-electron chi connectivity index (χ2n) is 7.91. The molecule has 154 valence electrons. The number of nitrogens with zero attached hydrogens (tertiary/aromatic N) is 2. The van der Waals surface area contributed by atoms with Crippen molar-refractivity contribution < 1.29 is 8.42 Å². The highest BCUT2D eigenvalue weighted by Gasteiger charge is 2.28. The number of hydrogen-bond acceptors (Lipinski definition) is 4. The van der Waals surface area contributed by atoms with Crippen LogP contribution in [-0.2, 0) is 9.84 Å². The molecule has 3 aromatic rings. The van der Waals surface area contributed by atoms with Crippen molar-refractivity contribution in [3.63, 3.8) is 0 Å². The summed E-state index contributed by atoms with van der Waals surface area (Å²) in [5.41, 5.74) is 3.69. The number of rotatable bonds is 3. The average molecular weight is 431 g/mol. The zero-order chi connectivity index (χ0) is 19.9. The van der Waals surface area contributed by atoms with E-state index in [4.69, 9.17) is 0 Å². The number of sulfone groups is 1. The largest absolute Gasteiger partial charge is 0.370 e. The molecule has 1 aliphatic heterocycles. The predicted molar refractivity (Wildman–Crippen MR) is 121 cm³/mol. The van der Waals surface area contributed by atoms with Crippen LogP contribution in [0.2, 0.25) is 0 Å². The Hall–Kier alpha value is -2.11. The minimum Gasteiger partial charge on any atom is -0.370 e. The first kappa shape index (κ1) is 21.6. The summed E-state index contributed by atoms with van der Waals surface area (Å²) in [5, 5.41) is 0.905. The lowest BCUT2D eigenvalue weighted by atomic mass is 9.98. The van der Waals surface area contributed by atoms with Gasteiger partial charge in [0.2, 0.25) is 9.84 Å². The van der Waals surface area contributed by atoms with E-state index in [0.29, 0.717) is 15.7 Å². The Morgan fingerprint density at radius 1 is 1.00 bits per heavy atom. The first-order valence-electron chi connectivity index (χ1n) is 9.83. The molecule has 1 aliphatic rings. The van der Waals surface area contributed by atoms with Crippen LogP contribution in [0, 0.1) is 19.8 Å². The van der Waals surface area contributed by atoms with Crippen molar-refractivity contribution >= 4 is 38.8 Å². The van der Waals surface area contributed by atoms with Crippen LogP contribution in [0.15, 0.2) is 58.5 Å². The van der Waals surface area contributed by atoms with E-state index in [2.05, 4.69) is 16.8 Å². The predicted octanol–water partition coefficient (Wildman–Crippen LogP) is 5.34. The maximum Gasteiger partial charge on any atom is 0.210 e. The smallest absolute Gasteiger partial charge is 0.210 e. The lowest BCUT2D eigenvalue weighted by Gasteiger charge is -2.34. The molecular formula is C23H27ClN2O2S. The topological polar surface area (TPSA) is 50.3 Å². The van der Waals surface area contributed by atoms with Gasteiger partial charge in [0.1, 0.15) is 4.90 Å². The van der Waals surface area contributed by atoms with Gasteiger partial charge in [0, 0.05) is 24.7 Å². The van der Waals surface area contributed by atoms with Crippen LogP contribution in [-0.4, -0.2) is 26.5 Å². The normalized spacial score (nSPS) is 15.3. The van der Waals surface area contributed by atoms with Gasteiger partial charge in [-0.2, -0.15) is 0 Å². The highest BCUT2D eigenvalue weighted by atomic mass is 35.5. The van der Waals surface area contributed by atoms with Gasteiger partial charge in [-0.25, -0.2) is 8.42 Å². The number of para-hydroxylation sites is 1. The van der Waals surface area contributed by atoms with Crippen LogP contribution in [0.3, 0.4) is 0 Å². The van der Waals surface area contributed by atoms with E-state index < -0.39 is 9.84 Å². The van der Waals surface area contributed by atoms with Crippen LogP contribution >= 0.6 is 12.4 Å². The van der Waals surface area contributed by atoms with Crippen LogP contribution in [0.1, 0.15) is 30.9 Å². The highest BCUT2D eigenvalue weighted by Crippen LogP contribution is 2.37. The van der Waals surface area contributed by atoms with E-state index in [1.807, 2.05) is 44.2 Å². The molecule has 2 aromatic carbocycles. The molecule has 1 saturated heterocycles. The van der Waals surface area contributed by atoms with E-state index in [1.54, 1.807) is 18.3 Å². The number of fused-ring (bicyclic) bond motifs is 1. The minimum atomic E-state index is -3.67. The van der Waals surface area contributed by atoms with Gasteiger partial charge in [0.05, 0.1) is 16.1 Å². The van der Waals surface area contributed by atoms with Crippen molar-refractivity contribution in [2.24, 2.45) is 5.92 Å². The molecule has 0 saturated carbocycles. The Bertz CT molecular complexity index is 1140. The second-order valence-corrected chi connectivity index (χ2v) is 9.83. The number of aryl methyl sites for hydroxylation is 2. The third kappa shape index (κ3) is 3.99. The Morgan fingerprint density at radius 3 is 2.38 bits per heavy atom.